The van der Waals surface area contributed by atoms with Gasteiger partial charge in [0.05, 0.1) is 12.5 Å². The van der Waals surface area contributed by atoms with E-state index in [9.17, 15) is 4.79 Å². The van der Waals surface area contributed by atoms with Gasteiger partial charge in [0.15, 0.2) is 0 Å². The molecule has 1 aliphatic heterocycles. The Balaban J connectivity index is 1.65. The molecule has 1 aromatic heterocycles. The summed E-state index contributed by atoms with van der Waals surface area (Å²) in [7, 11) is 0. The maximum atomic E-state index is 12.0. The zero-order valence-electron chi connectivity index (χ0n) is 11.1. The van der Waals surface area contributed by atoms with E-state index in [0.717, 1.165) is 16.2 Å². The quantitative estimate of drug-likeness (QED) is 0.882. The van der Waals surface area contributed by atoms with Gasteiger partial charge in [0, 0.05) is 16.1 Å². The number of nitrogens with two attached hydrogens (primary N) is 1. The lowest BCUT2D eigenvalue weighted by Crippen LogP contribution is -2.13. The lowest BCUT2D eigenvalue weighted by atomic mass is 10.0. The van der Waals surface area contributed by atoms with Crippen molar-refractivity contribution < 1.29 is 14.3 Å². The highest BCUT2D eigenvalue weighted by Gasteiger charge is 2.25. The number of hydrogen-bond acceptors (Lipinski definition) is 5. The lowest BCUT2D eigenvalue weighted by Gasteiger charge is -2.09. The summed E-state index contributed by atoms with van der Waals surface area (Å²) in [6, 6.07) is 9.51. The van der Waals surface area contributed by atoms with Crippen LogP contribution in [0.25, 0.3) is 0 Å². The van der Waals surface area contributed by atoms with E-state index in [-0.39, 0.29) is 11.9 Å². The molecule has 0 spiro atoms. The maximum absolute atomic E-state index is 12.0. The first-order valence-corrected chi connectivity index (χ1v) is 7.21. The topological polar surface area (TPSA) is 61.5 Å². The Morgan fingerprint density at radius 1 is 1.50 bits per heavy atom. The standard InChI is InChI=1S/C15H15NO3S/c1-9-12(16)6-14(20-9)15(17)19-8-10-7-18-13-5-3-2-4-11(10)13/h2-6,10H,7-8,16H2,1H3. The average Bonchev–Trinajstić information content (AvgIpc) is 3.01. The fourth-order valence-electron chi connectivity index (χ4n) is 2.21. The van der Waals surface area contributed by atoms with Gasteiger partial charge >= 0.3 is 5.97 Å². The third-order valence-electron chi connectivity index (χ3n) is 3.37. The molecule has 104 valence electrons. The number of rotatable bonds is 3. The highest BCUT2D eigenvalue weighted by Crippen LogP contribution is 2.33. The molecule has 1 aromatic carbocycles. The number of carbonyl (C=O) groups excluding carboxylic acids is 1. The third kappa shape index (κ3) is 2.36. The second-order valence-corrected chi connectivity index (χ2v) is 6.02. The summed E-state index contributed by atoms with van der Waals surface area (Å²) in [6.07, 6.45) is 0. The second kappa shape index (κ2) is 5.17. The van der Waals surface area contributed by atoms with E-state index in [2.05, 4.69) is 0 Å². The SMILES string of the molecule is Cc1sc(C(=O)OCC2COc3ccccc32)cc1N. The molecule has 2 aromatic rings. The van der Waals surface area contributed by atoms with E-state index in [1.165, 1.54) is 11.3 Å². The number of benzene rings is 1. The molecular formula is C15H15NO3S. The van der Waals surface area contributed by atoms with Gasteiger partial charge in [0.2, 0.25) is 0 Å². The fraction of sp³-hybridized carbons (Fsp3) is 0.267. The minimum absolute atomic E-state index is 0.105. The molecular weight excluding hydrogens is 274 g/mol. The molecule has 0 saturated heterocycles. The minimum atomic E-state index is -0.320. The molecule has 0 saturated carbocycles. The van der Waals surface area contributed by atoms with Crippen molar-refractivity contribution in [2.45, 2.75) is 12.8 Å². The van der Waals surface area contributed by atoms with Gasteiger partial charge in [-0.15, -0.1) is 11.3 Å². The summed E-state index contributed by atoms with van der Waals surface area (Å²) >= 11 is 1.36. The van der Waals surface area contributed by atoms with Crippen LogP contribution < -0.4 is 10.5 Å². The smallest absolute Gasteiger partial charge is 0.348 e. The van der Waals surface area contributed by atoms with Gasteiger partial charge in [-0.3, -0.25) is 0 Å². The predicted molar refractivity (Wildman–Crippen MR) is 78.4 cm³/mol. The Morgan fingerprint density at radius 3 is 3.05 bits per heavy atom. The summed E-state index contributed by atoms with van der Waals surface area (Å²) < 4.78 is 10.9. The first kappa shape index (κ1) is 13.0. The highest BCUT2D eigenvalue weighted by atomic mass is 32.1. The zero-order valence-corrected chi connectivity index (χ0v) is 11.9. The molecule has 2 N–H and O–H groups in total. The molecule has 0 amide bonds. The van der Waals surface area contributed by atoms with Crippen LogP contribution in [-0.2, 0) is 4.74 Å². The van der Waals surface area contributed by atoms with Crippen LogP contribution in [-0.4, -0.2) is 19.2 Å². The van der Waals surface area contributed by atoms with Crippen LogP contribution in [0.4, 0.5) is 5.69 Å². The molecule has 1 atom stereocenters. The normalized spacial score (nSPS) is 16.6. The Bertz CT molecular complexity index is 631. The predicted octanol–water partition coefficient (Wildman–Crippen LogP) is 2.97. The van der Waals surface area contributed by atoms with Crippen LogP contribution in [0.3, 0.4) is 0 Å². The largest absolute Gasteiger partial charge is 0.493 e. The van der Waals surface area contributed by atoms with Gasteiger partial charge in [-0.2, -0.15) is 0 Å². The van der Waals surface area contributed by atoms with Crippen LogP contribution in [0.1, 0.15) is 26.0 Å². The maximum Gasteiger partial charge on any atom is 0.348 e. The number of hydrogen-bond donors (Lipinski definition) is 1. The molecule has 0 radical (unpaired) electrons. The van der Waals surface area contributed by atoms with Crippen molar-refractivity contribution in [3.8, 4) is 5.75 Å². The number of anilines is 1. The summed E-state index contributed by atoms with van der Waals surface area (Å²) in [5.41, 5.74) is 7.48. The molecule has 0 bridgehead atoms. The number of ether oxygens (including phenoxy) is 2. The monoisotopic (exact) mass is 289 g/mol. The van der Waals surface area contributed by atoms with Crippen LogP contribution >= 0.6 is 11.3 Å². The van der Waals surface area contributed by atoms with Crippen LogP contribution in [0.15, 0.2) is 30.3 Å². The molecule has 2 heterocycles. The van der Waals surface area contributed by atoms with Crippen LogP contribution in [0.5, 0.6) is 5.75 Å². The Hall–Kier alpha value is -2.01. The summed E-state index contributed by atoms with van der Waals surface area (Å²) in [6.45, 7) is 2.77. The van der Waals surface area contributed by atoms with E-state index in [4.69, 9.17) is 15.2 Å². The van der Waals surface area contributed by atoms with Gasteiger partial charge in [0.1, 0.15) is 17.2 Å². The van der Waals surface area contributed by atoms with Gasteiger partial charge in [-0.1, -0.05) is 18.2 Å². The first-order valence-electron chi connectivity index (χ1n) is 6.40. The van der Waals surface area contributed by atoms with Gasteiger partial charge in [-0.25, -0.2) is 4.79 Å². The van der Waals surface area contributed by atoms with E-state index >= 15 is 0 Å². The summed E-state index contributed by atoms with van der Waals surface area (Å²) in [5.74, 6) is 0.664. The number of aryl methyl sites for hydroxylation is 1. The van der Waals surface area contributed by atoms with Crippen molar-refractivity contribution in [1.29, 1.82) is 0 Å². The summed E-state index contributed by atoms with van der Waals surface area (Å²) in [5, 5.41) is 0. The second-order valence-electron chi connectivity index (χ2n) is 4.77. The van der Waals surface area contributed by atoms with E-state index < -0.39 is 0 Å². The van der Waals surface area contributed by atoms with Crippen molar-refractivity contribution in [3.05, 3.63) is 45.6 Å². The van der Waals surface area contributed by atoms with Gasteiger partial charge < -0.3 is 15.2 Å². The number of fused-ring (bicyclic) bond motifs is 1. The minimum Gasteiger partial charge on any atom is -0.493 e. The number of nitrogen functional groups attached to an aromatic ring is 1. The Morgan fingerprint density at radius 2 is 2.30 bits per heavy atom. The number of carbonyl (C=O) groups is 1. The van der Waals surface area contributed by atoms with Crippen molar-refractivity contribution in [2.24, 2.45) is 0 Å². The van der Waals surface area contributed by atoms with Crippen molar-refractivity contribution >= 4 is 23.0 Å². The van der Waals surface area contributed by atoms with Crippen molar-refractivity contribution in [1.82, 2.24) is 0 Å². The third-order valence-corrected chi connectivity index (χ3v) is 4.42. The van der Waals surface area contributed by atoms with E-state index in [0.29, 0.717) is 23.8 Å². The van der Waals surface area contributed by atoms with Crippen molar-refractivity contribution in [3.63, 3.8) is 0 Å². The molecule has 4 nitrogen and oxygen atoms in total. The molecule has 20 heavy (non-hydrogen) atoms. The molecule has 3 rings (SSSR count). The van der Waals surface area contributed by atoms with Crippen LogP contribution in [0, 0.1) is 6.92 Å². The first-order chi connectivity index (χ1) is 9.65. The van der Waals surface area contributed by atoms with Crippen molar-refractivity contribution in [2.75, 3.05) is 18.9 Å². The average molecular weight is 289 g/mol. The van der Waals surface area contributed by atoms with Gasteiger partial charge in [0.25, 0.3) is 0 Å². The lowest BCUT2D eigenvalue weighted by molar-refractivity contribution is 0.0476. The van der Waals surface area contributed by atoms with E-state index in [1.54, 1.807) is 6.07 Å². The molecule has 0 aliphatic carbocycles. The molecule has 1 aliphatic rings. The van der Waals surface area contributed by atoms with Gasteiger partial charge in [-0.05, 0) is 19.1 Å². The van der Waals surface area contributed by atoms with E-state index in [1.807, 2.05) is 31.2 Å². The Labute approximate surface area is 121 Å². The van der Waals surface area contributed by atoms with Crippen LogP contribution in [0.2, 0.25) is 0 Å². The molecule has 1 unspecified atom stereocenters. The number of esters is 1. The molecule has 0 fully saturated rings. The number of thiophene rings is 1. The number of para-hydroxylation sites is 1. The zero-order chi connectivity index (χ0) is 14.1. The molecule has 5 heteroatoms. The fourth-order valence-corrected chi connectivity index (χ4v) is 3.05. The highest BCUT2D eigenvalue weighted by molar-refractivity contribution is 7.14. The summed E-state index contributed by atoms with van der Waals surface area (Å²) in [4.78, 5) is 13.5. The Kier molecular flexibility index (Phi) is 3.36.